The van der Waals surface area contributed by atoms with E-state index in [4.69, 9.17) is 28.4 Å². The second-order valence-electron chi connectivity index (χ2n) is 16.3. The maximum atomic E-state index is 13.3. The Morgan fingerprint density at radius 2 is 0.862 bits per heavy atom. The molecule has 0 aromatic carbocycles. The number of carbonyl (C=O) groups excluding carboxylic acids is 4. The van der Waals surface area contributed by atoms with E-state index in [2.05, 4.69) is 5.32 Å². The zero-order valence-electron chi connectivity index (χ0n) is 36.6. The van der Waals surface area contributed by atoms with Gasteiger partial charge >= 0.3 is 0 Å². The van der Waals surface area contributed by atoms with Crippen LogP contribution in [-0.2, 0) is 47.6 Å². The standard InChI is InChI=1S/C40H71N3O22/c1-2-22(47)6-3-10-42(18-28(50)41-9-15-62-40-37(59)34(56)31(53)27(21-46)65-40)11-12-43(16-23(48)7-4-13-60-38-35(57)32(54)29(51)25(19-44)63-38)17-24(49)8-5-14-61-39-36(58)33(55)30(52)26(20-45)64-39/h25-27,29-40,44-46,51-59H,2-21H2,1H3,(H,41,50)/t25-,26-,27-,29-,30-,31-,32+,33+,34+,35+,36+,37+,38+,39+,40+/m1/s1. The average molecular weight is 946 g/mol. The highest BCUT2D eigenvalue weighted by Gasteiger charge is 2.46. The summed E-state index contributed by atoms with van der Waals surface area (Å²) in [6, 6.07) is 0. The second-order valence-corrected chi connectivity index (χ2v) is 16.3. The van der Waals surface area contributed by atoms with Crippen molar-refractivity contribution in [2.24, 2.45) is 0 Å². The van der Waals surface area contributed by atoms with Crippen LogP contribution in [0, 0.1) is 0 Å². The van der Waals surface area contributed by atoms with Crippen LogP contribution >= 0.6 is 0 Å². The minimum atomic E-state index is -1.64. The smallest absolute Gasteiger partial charge is 0.234 e. The molecule has 25 heteroatoms. The monoisotopic (exact) mass is 945 g/mol. The Labute approximate surface area is 376 Å². The molecule has 378 valence electrons. The van der Waals surface area contributed by atoms with Gasteiger partial charge in [0.25, 0.3) is 0 Å². The number of hydrogen-bond donors (Lipinski definition) is 13. The molecule has 3 heterocycles. The van der Waals surface area contributed by atoms with Gasteiger partial charge in [-0.2, -0.15) is 0 Å². The second kappa shape index (κ2) is 29.5. The predicted octanol–water partition coefficient (Wildman–Crippen LogP) is -7.39. The van der Waals surface area contributed by atoms with Gasteiger partial charge in [-0.3, -0.25) is 29.0 Å². The number of rotatable bonds is 31. The van der Waals surface area contributed by atoms with Crippen LogP contribution in [-0.4, -0.2) is 272 Å². The third kappa shape index (κ3) is 18.3. The summed E-state index contributed by atoms with van der Waals surface area (Å²) in [7, 11) is 0. The van der Waals surface area contributed by atoms with Gasteiger partial charge in [-0.05, 0) is 25.8 Å². The summed E-state index contributed by atoms with van der Waals surface area (Å²) in [6.45, 7) is -0.714. The van der Waals surface area contributed by atoms with Crippen LogP contribution in [0.25, 0.3) is 0 Å². The van der Waals surface area contributed by atoms with Gasteiger partial charge in [-0.15, -0.1) is 0 Å². The van der Waals surface area contributed by atoms with Crippen LogP contribution in [0.1, 0.15) is 51.9 Å². The molecule has 0 saturated carbocycles. The summed E-state index contributed by atoms with van der Waals surface area (Å²) in [5, 5.41) is 122. The van der Waals surface area contributed by atoms with E-state index in [9.17, 15) is 80.5 Å². The Balaban J connectivity index is 1.59. The van der Waals surface area contributed by atoms with Crippen LogP contribution < -0.4 is 5.32 Å². The molecule has 1 amide bonds. The molecule has 3 aliphatic rings. The maximum absolute atomic E-state index is 13.3. The highest BCUT2D eigenvalue weighted by Crippen LogP contribution is 2.24. The number of hydrogen-bond acceptors (Lipinski definition) is 24. The molecular formula is C40H71N3O22. The van der Waals surface area contributed by atoms with E-state index >= 15 is 0 Å². The van der Waals surface area contributed by atoms with Crippen molar-refractivity contribution in [3.63, 3.8) is 0 Å². The van der Waals surface area contributed by atoms with Crippen molar-refractivity contribution in [1.29, 1.82) is 0 Å². The first-order valence-electron chi connectivity index (χ1n) is 22.0. The Morgan fingerprint density at radius 1 is 0.477 bits per heavy atom. The molecule has 3 rings (SSSR count). The molecule has 3 fully saturated rings. The zero-order valence-corrected chi connectivity index (χ0v) is 36.6. The van der Waals surface area contributed by atoms with Crippen molar-refractivity contribution in [2.75, 3.05) is 85.5 Å². The summed E-state index contributed by atoms with van der Waals surface area (Å²) in [5.74, 6) is -1.05. The molecule has 0 unspecified atom stereocenters. The highest BCUT2D eigenvalue weighted by molar-refractivity contribution is 5.83. The Bertz CT molecular complexity index is 1360. The first-order chi connectivity index (χ1) is 30.9. The fourth-order valence-electron chi connectivity index (χ4n) is 7.28. The molecule has 0 bridgehead atoms. The van der Waals surface area contributed by atoms with E-state index in [1.807, 2.05) is 0 Å². The Morgan fingerprint density at radius 3 is 1.26 bits per heavy atom. The molecule has 13 N–H and O–H groups in total. The van der Waals surface area contributed by atoms with E-state index in [0.717, 1.165) is 0 Å². The van der Waals surface area contributed by atoms with Crippen molar-refractivity contribution < 1.29 is 109 Å². The molecule has 3 saturated heterocycles. The quantitative estimate of drug-likeness (QED) is 0.0287. The van der Waals surface area contributed by atoms with Crippen LogP contribution in [0.15, 0.2) is 0 Å². The lowest BCUT2D eigenvalue weighted by atomic mass is 9.99. The van der Waals surface area contributed by atoms with Gasteiger partial charge in [-0.1, -0.05) is 6.92 Å². The molecule has 0 aromatic heterocycles. The summed E-state index contributed by atoms with van der Waals surface area (Å²) in [5.41, 5.74) is 0. The number of amides is 1. The molecule has 65 heavy (non-hydrogen) atoms. The molecule has 0 radical (unpaired) electrons. The van der Waals surface area contributed by atoms with Gasteiger partial charge in [0.05, 0.1) is 59.3 Å². The lowest BCUT2D eigenvalue weighted by Gasteiger charge is -2.39. The highest BCUT2D eigenvalue weighted by atomic mass is 16.7. The van der Waals surface area contributed by atoms with Gasteiger partial charge in [0.1, 0.15) is 90.6 Å². The number of nitrogens with zero attached hydrogens (tertiary/aromatic N) is 2. The topological polar surface area (TPSA) is 385 Å². The van der Waals surface area contributed by atoms with E-state index < -0.39 is 118 Å². The number of carbonyl (C=O) groups is 4. The third-order valence-corrected chi connectivity index (χ3v) is 11.2. The van der Waals surface area contributed by atoms with Crippen molar-refractivity contribution in [3.8, 4) is 0 Å². The third-order valence-electron chi connectivity index (χ3n) is 11.2. The van der Waals surface area contributed by atoms with E-state index in [1.54, 1.807) is 16.7 Å². The van der Waals surface area contributed by atoms with Gasteiger partial charge < -0.3 is 95.0 Å². The molecule has 0 aromatic rings. The van der Waals surface area contributed by atoms with Crippen molar-refractivity contribution in [3.05, 3.63) is 0 Å². The molecule has 0 aliphatic carbocycles. The number of nitrogens with one attached hydrogen (secondary N) is 1. The molecule has 25 nitrogen and oxygen atoms in total. The fourth-order valence-corrected chi connectivity index (χ4v) is 7.28. The van der Waals surface area contributed by atoms with Crippen LogP contribution in [0.3, 0.4) is 0 Å². The lowest BCUT2D eigenvalue weighted by molar-refractivity contribution is -0.301. The van der Waals surface area contributed by atoms with Gasteiger partial charge in [-0.25, -0.2) is 0 Å². The van der Waals surface area contributed by atoms with Crippen LogP contribution in [0.5, 0.6) is 0 Å². The van der Waals surface area contributed by atoms with Crippen molar-refractivity contribution in [2.45, 2.75) is 144 Å². The van der Waals surface area contributed by atoms with Gasteiger partial charge in [0.2, 0.25) is 5.91 Å². The average Bonchev–Trinajstić information content (AvgIpc) is 3.29. The van der Waals surface area contributed by atoms with Crippen LogP contribution in [0.4, 0.5) is 0 Å². The zero-order chi connectivity index (χ0) is 48.2. The molecule has 0 spiro atoms. The number of ketones is 3. The Hall–Kier alpha value is -2.32. The van der Waals surface area contributed by atoms with Gasteiger partial charge in [0, 0.05) is 45.3 Å². The van der Waals surface area contributed by atoms with E-state index in [1.165, 1.54) is 0 Å². The molecular weight excluding hydrogens is 874 g/mol. The summed E-state index contributed by atoms with van der Waals surface area (Å²) < 4.78 is 32.4. The first kappa shape index (κ1) is 57.0. The number of Topliss-reactive ketones (excluding diaryl/α,β-unsaturated/α-hetero) is 3. The SMILES string of the molecule is CCC(=O)CCCN(CCN(CC(=O)CCCO[C@H]1O[C@H](CO)[C@@H](O)[C@H](O)[C@@H]1O)CC(=O)CCCO[C@H]1O[C@H](CO)[C@@H](O)[C@H](O)[C@@H]1O)CC(=O)NCCO[C@H]1O[C@H](CO)[C@@H](O)[C@H](O)[C@@H]1O. The predicted molar refractivity (Wildman–Crippen MR) is 218 cm³/mol. The van der Waals surface area contributed by atoms with Crippen LogP contribution in [0.2, 0.25) is 0 Å². The number of aliphatic hydroxyl groups is 12. The lowest BCUT2D eigenvalue weighted by Crippen LogP contribution is -2.59. The largest absolute Gasteiger partial charge is 0.394 e. The normalized spacial score (nSPS) is 33.1. The van der Waals surface area contributed by atoms with E-state index in [0.29, 0.717) is 19.4 Å². The minimum absolute atomic E-state index is 0.0172. The Kier molecular flexibility index (Phi) is 25.9. The number of ether oxygens (including phenoxy) is 6. The summed E-state index contributed by atoms with van der Waals surface area (Å²) in [4.78, 5) is 55.0. The van der Waals surface area contributed by atoms with E-state index in [-0.39, 0.29) is 109 Å². The molecule has 15 atom stereocenters. The summed E-state index contributed by atoms with van der Waals surface area (Å²) in [6.07, 6.45) is -21.1. The fraction of sp³-hybridized carbons (Fsp3) is 0.900. The van der Waals surface area contributed by atoms with Crippen molar-refractivity contribution >= 4 is 23.3 Å². The maximum Gasteiger partial charge on any atom is 0.234 e. The van der Waals surface area contributed by atoms with Crippen molar-refractivity contribution in [1.82, 2.24) is 15.1 Å². The first-order valence-corrected chi connectivity index (χ1v) is 22.0. The summed E-state index contributed by atoms with van der Waals surface area (Å²) >= 11 is 0. The van der Waals surface area contributed by atoms with Gasteiger partial charge in [0.15, 0.2) is 18.9 Å². The molecule has 3 aliphatic heterocycles. The minimum Gasteiger partial charge on any atom is -0.394 e. The number of aliphatic hydroxyl groups excluding tert-OH is 12.